The van der Waals surface area contributed by atoms with Crippen LogP contribution in [0.25, 0.3) is 10.6 Å². The summed E-state index contributed by atoms with van der Waals surface area (Å²) in [6, 6.07) is 15.7. The highest BCUT2D eigenvalue weighted by Gasteiger charge is 2.13. The summed E-state index contributed by atoms with van der Waals surface area (Å²) in [6.07, 6.45) is 1.99. The molecule has 1 aromatic heterocycles. The molecule has 0 aliphatic carbocycles. The Bertz CT molecular complexity index is 831. The molecule has 1 amide bonds. The number of aryl methyl sites for hydroxylation is 1. The van der Waals surface area contributed by atoms with Gasteiger partial charge < -0.3 is 0 Å². The lowest BCUT2D eigenvalue weighted by atomic mass is 10.1. The van der Waals surface area contributed by atoms with E-state index in [1.54, 1.807) is 11.8 Å². The third-order valence-corrected chi connectivity index (χ3v) is 4.97. The number of carbonyl (C=O) groups excluding carboxylic acids is 1. The van der Waals surface area contributed by atoms with Gasteiger partial charge in [0.05, 0.1) is 0 Å². The van der Waals surface area contributed by atoms with Gasteiger partial charge in [0.2, 0.25) is 5.13 Å². The number of rotatable bonds is 4. The highest BCUT2D eigenvalue weighted by Crippen LogP contribution is 2.27. The maximum absolute atomic E-state index is 12.5. The zero-order valence-corrected chi connectivity index (χ0v) is 14.4. The second kappa shape index (κ2) is 6.93. The van der Waals surface area contributed by atoms with Gasteiger partial charge >= 0.3 is 0 Å². The van der Waals surface area contributed by atoms with E-state index in [0.717, 1.165) is 21.0 Å². The smallest absolute Gasteiger partial charge is 0.257 e. The molecule has 0 aliphatic heterocycles. The first-order valence-corrected chi connectivity index (χ1v) is 9.06. The van der Waals surface area contributed by atoms with Gasteiger partial charge in [-0.1, -0.05) is 47.7 Å². The number of benzene rings is 2. The number of aromatic nitrogens is 2. The molecule has 0 saturated heterocycles. The van der Waals surface area contributed by atoms with Crippen LogP contribution in [0.2, 0.25) is 0 Å². The lowest BCUT2D eigenvalue weighted by Crippen LogP contribution is -2.13. The number of nitrogens with one attached hydrogen (secondary N) is 1. The predicted octanol–water partition coefficient (Wildman–Crippen LogP) is 4.49. The fourth-order valence-electron chi connectivity index (χ4n) is 2.11. The van der Waals surface area contributed by atoms with Crippen molar-refractivity contribution >= 4 is 34.1 Å². The Labute approximate surface area is 143 Å². The average Bonchev–Trinajstić information content (AvgIpc) is 3.04. The molecule has 2 aromatic carbocycles. The van der Waals surface area contributed by atoms with E-state index in [1.807, 2.05) is 61.7 Å². The molecule has 3 aromatic rings. The van der Waals surface area contributed by atoms with Crippen LogP contribution in [0.4, 0.5) is 5.13 Å². The first-order chi connectivity index (χ1) is 11.2. The summed E-state index contributed by atoms with van der Waals surface area (Å²) in [6.45, 7) is 1.93. The fourth-order valence-corrected chi connectivity index (χ4v) is 3.29. The Morgan fingerprint density at radius 3 is 2.65 bits per heavy atom. The standard InChI is InChI=1S/C17H15N3OS2/c1-11-8-9-13(22-2)10-14(11)15(21)18-17-20-19-16(23-17)12-6-4-3-5-7-12/h3-10H,1-2H3,(H,18,20,21). The van der Waals surface area contributed by atoms with Crippen molar-refractivity contribution < 1.29 is 4.79 Å². The molecule has 1 heterocycles. The van der Waals surface area contributed by atoms with E-state index >= 15 is 0 Å². The highest BCUT2D eigenvalue weighted by atomic mass is 32.2. The number of hydrogen-bond donors (Lipinski definition) is 1. The van der Waals surface area contributed by atoms with Crippen molar-refractivity contribution in [3.8, 4) is 10.6 Å². The zero-order valence-electron chi connectivity index (χ0n) is 12.7. The van der Waals surface area contributed by atoms with Crippen molar-refractivity contribution in [3.05, 3.63) is 59.7 Å². The van der Waals surface area contributed by atoms with E-state index in [-0.39, 0.29) is 5.91 Å². The van der Waals surface area contributed by atoms with Crippen molar-refractivity contribution in [2.45, 2.75) is 11.8 Å². The number of nitrogens with zero attached hydrogens (tertiary/aromatic N) is 2. The Balaban J connectivity index is 1.80. The molecule has 6 heteroatoms. The summed E-state index contributed by atoms with van der Waals surface area (Å²) in [5, 5.41) is 12.3. The van der Waals surface area contributed by atoms with Crippen LogP contribution in [0.3, 0.4) is 0 Å². The quantitative estimate of drug-likeness (QED) is 0.711. The van der Waals surface area contributed by atoms with E-state index in [2.05, 4.69) is 15.5 Å². The van der Waals surface area contributed by atoms with Crippen molar-refractivity contribution in [2.24, 2.45) is 0 Å². The maximum atomic E-state index is 12.5. The molecule has 3 rings (SSSR count). The third-order valence-electron chi connectivity index (χ3n) is 3.36. The van der Waals surface area contributed by atoms with E-state index in [9.17, 15) is 4.79 Å². The van der Waals surface area contributed by atoms with E-state index in [4.69, 9.17) is 0 Å². The Morgan fingerprint density at radius 2 is 1.91 bits per heavy atom. The topological polar surface area (TPSA) is 54.9 Å². The second-order valence-electron chi connectivity index (χ2n) is 4.91. The van der Waals surface area contributed by atoms with Crippen molar-refractivity contribution in [1.29, 1.82) is 0 Å². The van der Waals surface area contributed by atoms with Crippen LogP contribution >= 0.6 is 23.1 Å². The van der Waals surface area contributed by atoms with Crippen LogP contribution in [0, 0.1) is 6.92 Å². The summed E-state index contributed by atoms with van der Waals surface area (Å²) >= 11 is 2.98. The summed E-state index contributed by atoms with van der Waals surface area (Å²) in [5.74, 6) is -0.158. The highest BCUT2D eigenvalue weighted by molar-refractivity contribution is 7.98. The number of thioether (sulfide) groups is 1. The zero-order chi connectivity index (χ0) is 16.2. The first kappa shape index (κ1) is 15.7. The molecule has 1 N–H and O–H groups in total. The van der Waals surface area contributed by atoms with Crippen LogP contribution in [-0.4, -0.2) is 22.4 Å². The Morgan fingerprint density at radius 1 is 1.13 bits per heavy atom. The minimum absolute atomic E-state index is 0.158. The van der Waals surface area contributed by atoms with Crippen LogP contribution < -0.4 is 5.32 Å². The van der Waals surface area contributed by atoms with Gasteiger partial charge in [-0.25, -0.2) is 0 Å². The number of anilines is 1. The lowest BCUT2D eigenvalue weighted by Gasteiger charge is -2.06. The van der Waals surface area contributed by atoms with Crippen LogP contribution in [0.5, 0.6) is 0 Å². The largest absolute Gasteiger partial charge is 0.296 e. The molecule has 0 atom stereocenters. The molecule has 116 valence electrons. The molecule has 0 bridgehead atoms. The summed E-state index contributed by atoms with van der Waals surface area (Å²) < 4.78 is 0. The summed E-state index contributed by atoms with van der Waals surface area (Å²) in [7, 11) is 0. The van der Waals surface area contributed by atoms with Gasteiger partial charge in [0.15, 0.2) is 0 Å². The summed E-state index contributed by atoms with van der Waals surface area (Å²) in [5.41, 5.74) is 2.59. The molecule has 0 fully saturated rings. The molecule has 0 spiro atoms. The monoisotopic (exact) mass is 341 g/mol. The first-order valence-electron chi connectivity index (χ1n) is 7.02. The maximum Gasteiger partial charge on any atom is 0.257 e. The van der Waals surface area contributed by atoms with Gasteiger partial charge in [0.25, 0.3) is 5.91 Å². The van der Waals surface area contributed by atoms with E-state index < -0.39 is 0 Å². The van der Waals surface area contributed by atoms with Crippen LogP contribution in [-0.2, 0) is 0 Å². The minimum atomic E-state index is -0.158. The van der Waals surface area contributed by atoms with Gasteiger partial charge in [-0.05, 0) is 30.9 Å². The van der Waals surface area contributed by atoms with Crippen LogP contribution in [0.1, 0.15) is 15.9 Å². The van der Waals surface area contributed by atoms with Gasteiger partial charge in [-0.15, -0.1) is 22.0 Å². The Kier molecular flexibility index (Phi) is 4.73. The number of amides is 1. The minimum Gasteiger partial charge on any atom is -0.296 e. The molecule has 23 heavy (non-hydrogen) atoms. The van der Waals surface area contributed by atoms with Gasteiger partial charge in [-0.2, -0.15) is 0 Å². The molecule has 4 nitrogen and oxygen atoms in total. The Hall–Kier alpha value is -2.18. The van der Waals surface area contributed by atoms with Gasteiger partial charge in [-0.3, -0.25) is 10.1 Å². The van der Waals surface area contributed by atoms with Gasteiger partial charge in [0, 0.05) is 16.0 Å². The molecule has 0 aliphatic rings. The van der Waals surface area contributed by atoms with Gasteiger partial charge in [0.1, 0.15) is 5.01 Å². The third kappa shape index (κ3) is 3.60. The summed E-state index contributed by atoms with van der Waals surface area (Å²) in [4.78, 5) is 13.5. The normalized spacial score (nSPS) is 10.5. The molecule has 0 saturated carbocycles. The van der Waals surface area contributed by atoms with E-state index in [1.165, 1.54) is 11.3 Å². The number of carbonyl (C=O) groups is 1. The molecule has 0 radical (unpaired) electrons. The van der Waals surface area contributed by atoms with E-state index in [0.29, 0.717) is 10.7 Å². The SMILES string of the molecule is CSc1ccc(C)c(C(=O)Nc2nnc(-c3ccccc3)s2)c1. The molecular weight excluding hydrogens is 326 g/mol. The predicted molar refractivity (Wildman–Crippen MR) is 96.3 cm³/mol. The molecular formula is C17H15N3OS2. The van der Waals surface area contributed by atoms with Crippen LogP contribution in [0.15, 0.2) is 53.4 Å². The van der Waals surface area contributed by atoms with Crippen molar-refractivity contribution in [1.82, 2.24) is 10.2 Å². The van der Waals surface area contributed by atoms with Crippen molar-refractivity contribution in [3.63, 3.8) is 0 Å². The average molecular weight is 341 g/mol. The lowest BCUT2D eigenvalue weighted by molar-refractivity contribution is 0.102. The second-order valence-corrected chi connectivity index (χ2v) is 6.77. The molecule has 0 unspecified atom stereocenters. The van der Waals surface area contributed by atoms with Crippen molar-refractivity contribution in [2.75, 3.05) is 11.6 Å². The fraction of sp³-hybridized carbons (Fsp3) is 0.118. The number of hydrogen-bond acceptors (Lipinski definition) is 5.